The van der Waals surface area contributed by atoms with Crippen LogP contribution in [-0.2, 0) is 6.54 Å². The van der Waals surface area contributed by atoms with Crippen molar-refractivity contribution >= 4 is 15.9 Å². The van der Waals surface area contributed by atoms with Crippen molar-refractivity contribution in [3.63, 3.8) is 0 Å². The lowest BCUT2D eigenvalue weighted by Crippen LogP contribution is -2.43. The molecule has 0 aromatic heterocycles. The maximum Gasteiger partial charge on any atom is 0.120 e. The number of halogens is 1. The number of benzene rings is 1. The number of hydrogen-bond acceptors (Lipinski definition) is 2. The number of phenolic OH excluding ortho intramolecular Hbond substituents is 1. The Bertz CT molecular complexity index is 453. The van der Waals surface area contributed by atoms with E-state index >= 15 is 0 Å². The van der Waals surface area contributed by atoms with Gasteiger partial charge in [-0.25, -0.2) is 0 Å². The summed E-state index contributed by atoms with van der Waals surface area (Å²) in [5.41, 5.74) is 1.31. The van der Waals surface area contributed by atoms with E-state index in [1.807, 2.05) is 12.1 Å². The van der Waals surface area contributed by atoms with Gasteiger partial charge in [0.05, 0.1) is 0 Å². The van der Waals surface area contributed by atoms with E-state index in [9.17, 15) is 5.11 Å². The van der Waals surface area contributed by atoms with Gasteiger partial charge >= 0.3 is 0 Å². The molecule has 3 heteroatoms. The summed E-state index contributed by atoms with van der Waals surface area (Å²) in [4.78, 5) is 0. The second-order valence-corrected chi connectivity index (χ2v) is 7.93. The molecule has 1 aromatic rings. The van der Waals surface area contributed by atoms with Gasteiger partial charge in [0.25, 0.3) is 0 Å². The van der Waals surface area contributed by atoms with Crippen LogP contribution in [0.3, 0.4) is 0 Å². The van der Waals surface area contributed by atoms with E-state index in [0.717, 1.165) is 16.6 Å². The highest BCUT2D eigenvalue weighted by Gasteiger charge is 2.33. The molecular weight excluding hydrogens is 314 g/mol. The number of rotatable bonds is 3. The van der Waals surface area contributed by atoms with E-state index in [1.165, 1.54) is 25.7 Å². The van der Waals surface area contributed by atoms with Crippen LogP contribution in [0.2, 0.25) is 0 Å². The molecule has 2 unspecified atom stereocenters. The Morgan fingerprint density at radius 1 is 1.25 bits per heavy atom. The van der Waals surface area contributed by atoms with Crippen LogP contribution in [0, 0.1) is 11.3 Å². The van der Waals surface area contributed by atoms with Gasteiger partial charge in [-0.05, 0) is 42.4 Å². The van der Waals surface area contributed by atoms with Crippen molar-refractivity contribution in [2.24, 2.45) is 11.3 Å². The number of aromatic hydroxyl groups is 1. The second kappa shape index (κ2) is 6.48. The minimum absolute atomic E-state index is 0.345. The zero-order valence-electron chi connectivity index (χ0n) is 12.7. The monoisotopic (exact) mass is 339 g/mol. The van der Waals surface area contributed by atoms with E-state index < -0.39 is 0 Å². The Balaban J connectivity index is 2.03. The molecule has 2 rings (SSSR count). The quantitative estimate of drug-likeness (QED) is 0.824. The zero-order valence-corrected chi connectivity index (χ0v) is 14.3. The SMILES string of the molecule is CC(C)(C)C1CCCCC1NCc1cc(Br)ccc1O. The summed E-state index contributed by atoms with van der Waals surface area (Å²) in [6, 6.07) is 6.18. The van der Waals surface area contributed by atoms with E-state index in [0.29, 0.717) is 23.1 Å². The van der Waals surface area contributed by atoms with Gasteiger partial charge in [-0.15, -0.1) is 0 Å². The normalized spacial score (nSPS) is 23.8. The highest BCUT2D eigenvalue weighted by molar-refractivity contribution is 9.10. The summed E-state index contributed by atoms with van der Waals surface area (Å²) in [6.45, 7) is 7.76. The van der Waals surface area contributed by atoms with Crippen molar-refractivity contribution in [2.75, 3.05) is 0 Å². The van der Waals surface area contributed by atoms with E-state index in [1.54, 1.807) is 6.07 Å². The maximum absolute atomic E-state index is 9.93. The van der Waals surface area contributed by atoms with Gasteiger partial charge in [-0.1, -0.05) is 49.5 Å². The van der Waals surface area contributed by atoms with Gasteiger partial charge < -0.3 is 10.4 Å². The topological polar surface area (TPSA) is 32.3 Å². The van der Waals surface area contributed by atoms with Gasteiger partial charge in [-0.3, -0.25) is 0 Å². The minimum atomic E-state index is 0.345. The Hall–Kier alpha value is -0.540. The largest absolute Gasteiger partial charge is 0.508 e. The van der Waals surface area contributed by atoms with E-state index in [4.69, 9.17) is 0 Å². The Labute approximate surface area is 131 Å². The van der Waals surface area contributed by atoms with Crippen molar-refractivity contribution in [1.82, 2.24) is 5.32 Å². The van der Waals surface area contributed by atoms with Gasteiger partial charge in [0, 0.05) is 22.6 Å². The summed E-state index contributed by atoms with van der Waals surface area (Å²) in [6.07, 6.45) is 5.22. The molecule has 1 saturated carbocycles. The summed E-state index contributed by atoms with van der Waals surface area (Å²) in [5.74, 6) is 1.09. The minimum Gasteiger partial charge on any atom is -0.508 e. The number of hydrogen-bond donors (Lipinski definition) is 2. The van der Waals surface area contributed by atoms with E-state index in [2.05, 4.69) is 42.0 Å². The highest BCUT2D eigenvalue weighted by atomic mass is 79.9. The van der Waals surface area contributed by atoms with Gasteiger partial charge in [0.1, 0.15) is 5.75 Å². The molecule has 112 valence electrons. The molecule has 0 bridgehead atoms. The third-order valence-electron chi connectivity index (χ3n) is 4.47. The molecule has 0 amide bonds. The first-order chi connectivity index (χ1) is 9.38. The van der Waals surface area contributed by atoms with Crippen molar-refractivity contribution in [3.05, 3.63) is 28.2 Å². The van der Waals surface area contributed by atoms with Crippen LogP contribution in [0.15, 0.2) is 22.7 Å². The molecule has 2 nitrogen and oxygen atoms in total. The predicted molar refractivity (Wildman–Crippen MR) is 87.8 cm³/mol. The van der Waals surface area contributed by atoms with Crippen LogP contribution in [0.5, 0.6) is 5.75 Å². The molecule has 2 atom stereocenters. The summed E-state index contributed by atoms with van der Waals surface area (Å²) in [5, 5.41) is 13.6. The van der Waals surface area contributed by atoms with Crippen molar-refractivity contribution < 1.29 is 5.11 Å². The van der Waals surface area contributed by atoms with Gasteiger partial charge in [0.15, 0.2) is 0 Å². The average molecular weight is 340 g/mol. The highest BCUT2D eigenvalue weighted by Crippen LogP contribution is 2.38. The van der Waals surface area contributed by atoms with E-state index in [-0.39, 0.29) is 0 Å². The predicted octanol–water partition coefficient (Wildman–Crippen LogP) is 4.85. The fourth-order valence-electron chi connectivity index (χ4n) is 3.35. The lowest BCUT2D eigenvalue weighted by molar-refractivity contribution is 0.130. The van der Waals surface area contributed by atoms with Crippen molar-refractivity contribution in [2.45, 2.75) is 59.0 Å². The van der Waals surface area contributed by atoms with Crippen LogP contribution in [0.1, 0.15) is 52.0 Å². The van der Waals surface area contributed by atoms with Crippen molar-refractivity contribution in [1.29, 1.82) is 0 Å². The Morgan fingerprint density at radius 3 is 2.65 bits per heavy atom. The Morgan fingerprint density at radius 2 is 1.95 bits per heavy atom. The van der Waals surface area contributed by atoms with Crippen molar-refractivity contribution in [3.8, 4) is 5.75 Å². The molecule has 2 N–H and O–H groups in total. The molecule has 1 aromatic carbocycles. The molecule has 0 aliphatic heterocycles. The number of phenols is 1. The first kappa shape index (κ1) is 15.8. The molecule has 0 radical (unpaired) electrons. The molecule has 0 spiro atoms. The third kappa shape index (κ3) is 3.98. The summed E-state index contributed by atoms with van der Waals surface area (Å²) in [7, 11) is 0. The standard InChI is InChI=1S/C17H26BrNO/c1-17(2,3)14-6-4-5-7-15(14)19-11-12-10-13(18)8-9-16(12)20/h8-10,14-15,19-20H,4-7,11H2,1-3H3. The molecule has 1 fully saturated rings. The lowest BCUT2D eigenvalue weighted by atomic mass is 9.69. The fraction of sp³-hybridized carbons (Fsp3) is 0.647. The van der Waals surface area contributed by atoms with Crippen LogP contribution in [0.25, 0.3) is 0 Å². The molecule has 0 heterocycles. The summed E-state index contributed by atoms with van der Waals surface area (Å²) < 4.78 is 1.02. The van der Waals surface area contributed by atoms with Crippen LogP contribution < -0.4 is 5.32 Å². The molecule has 20 heavy (non-hydrogen) atoms. The van der Waals surface area contributed by atoms with Gasteiger partial charge in [-0.2, -0.15) is 0 Å². The number of nitrogens with one attached hydrogen (secondary N) is 1. The first-order valence-electron chi connectivity index (χ1n) is 7.58. The molecule has 0 saturated heterocycles. The summed E-state index contributed by atoms with van der Waals surface area (Å²) >= 11 is 3.47. The lowest BCUT2D eigenvalue weighted by Gasteiger charge is -2.41. The fourth-order valence-corrected chi connectivity index (χ4v) is 3.76. The zero-order chi connectivity index (χ0) is 14.8. The third-order valence-corrected chi connectivity index (χ3v) is 4.97. The smallest absolute Gasteiger partial charge is 0.120 e. The Kier molecular flexibility index (Phi) is 5.14. The van der Waals surface area contributed by atoms with Crippen LogP contribution in [0.4, 0.5) is 0 Å². The second-order valence-electron chi connectivity index (χ2n) is 7.02. The molecular formula is C17H26BrNO. The van der Waals surface area contributed by atoms with Crippen LogP contribution in [-0.4, -0.2) is 11.1 Å². The average Bonchev–Trinajstić information content (AvgIpc) is 2.39. The molecule has 1 aliphatic rings. The molecule has 1 aliphatic carbocycles. The van der Waals surface area contributed by atoms with Crippen LogP contribution >= 0.6 is 15.9 Å². The maximum atomic E-state index is 9.93. The van der Waals surface area contributed by atoms with Gasteiger partial charge in [0.2, 0.25) is 0 Å². The first-order valence-corrected chi connectivity index (χ1v) is 8.38.